The number of carboxylic acids is 1. The molecule has 1 aliphatic rings. The Hall–Kier alpha value is -0.910. The van der Waals surface area contributed by atoms with Crippen molar-refractivity contribution in [2.45, 2.75) is 18.8 Å². The number of hydrogen-bond donors (Lipinski definition) is 1. The number of thiazole rings is 1. The van der Waals surface area contributed by atoms with Crippen LogP contribution in [0.25, 0.3) is 10.6 Å². The van der Waals surface area contributed by atoms with Crippen molar-refractivity contribution in [3.8, 4) is 10.6 Å². The van der Waals surface area contributed by atoms with Gasteiger partial charge in [0.05, 0.1) is 10.7 Å². The first-order valence-electron chi connectivity index (χ1n) is 5.74. The van der Waals surface area contributed by atoms with E-state index in [9.17, 15) is 4.79 Å². The normalized spacial score (nSPS) is 17.5. The van der Waals surface area contributed by atoms with Gasteiger partial charge in [0.2, 0.25) is 0 Å². The van der Waals surface area contributed by atoms with Crippen LogP contribution in [0.3, 0.4) is 0 Å². The van der Waals surface area contributed by atoms with Gasteiger partial charge in [-0.1, -0.05) is 17.7 Å². The molecular weight excluding hydrogens is 350 g/mol. The first-order chi connectivity index (χ1) is 9.06. The molecule has 3 rings (SSSR count). The van der Waals surface area contributed by atoms with Gasteiger partial charge in [-0.2, -0.15) is 0 Å². The first-order valence-corrected chi connectivity index (χ1v) is 7.73. The zero-order valence-corrected chi connectivity index (χ0v) is 12.8. The fourth-order valence-corrected chi connectivity index (χ4v) is 3.85. The van der Waals surface area contributed by atoms with Crippen LogP contribution in [0.15, 0.2) is 22.7 Å². The molecule has 0 bridgehead atoms. The van der Waals surface area contributed by atoms with Crippen LogP contribution in [0.2, 0.25) is 5.02 Å². The fourth-order valence-electron chi connectivity index (χ4n) is 2.22. The van der Waals surface area contributed by atoms with E-state index in [-0.39, 0.29) is 0 Å². The highest BCUT2D eigenvalue weighted by atomic mass is 79.9. The number of nitrogens with zero attached hydrogens (tertiary/aromatic N) is 1. The third kappa shape index (κ3) is 2.30. The molecule has 1 heterocycles. The molecule has 1 N–H and O–H groups in total. The molecule has 0 saturated heterocycles. The summed E-state index contributed by atoms with van der Waals surface area (Å²) in [6.07, 6.45) is 1.47. The van der Waals surface area contributed by atoms with Gasteiger partial charge in [0.1, 0.15) is 10.9 Å². The second kappa shape index (κ2) is 4.89. The van der Waals surface area contributed by atoms with Crippen LogP contribution in [0.1, 0.15) is 22.9 Å². The molecule has 0 radical (unpaired) electrons. The summed E-state index contributed by atoms with van der Waals surface area (Å²) in [4.78, 5) is 16.7. The Balaban J connectivity index is 2.02. The van der Waals surface area contributed by atoms with Crippen LogP contribution in [0.4, 0.5) is 0 Å². The largest absolute Gasteiger partial charge is 0.481 e. The summed E-state index contributed by atoms with van der Waals surface area (Å²) in [5.74, 6) is -1.23. The van der Waals surface area contributed by atoms with E-state index in [0.29, 0.717) is 11.4 Å². The first kappa shape index (κ1) is 13.1. The lowest BCUT2D eigenvalue weighted by Gasteiger charge is -2.02. The Morgan fingerprint density at radius 2 is 2.32 bits per heavy atom. The molecule has 19 heavy (non-hydrogen) atoms. The third-order valence-corrected chi connectivity index (χ3v) is 5.58. The van der Waals surface area contributed by atoms with Gasteiger partial charge in [0.15, 0.2) is 0 Å². The number of carboxylic acid groups (broad SMARTS) is 1. The van der Waals surface area contributed by atoms with E-state index < -0.39 is 11.9 Å². The van der Waals surface area contributed by atoms with Crippen molar-refractivity contribution in [3.05, 3.63) is 38.3 Å². The Bertz CT molecular complexity index is 671. The summed E-state index contributed by atoms with van der Waals surface area (Å²) in [6, 6.07) is 5.62. The average molecular weight is 359 g/mol. The second-order valence-electron chi connectivity index (χ2n) is 4.39. The molecule has 1 aromatic carbocycles. The number of carbonyl (C=O) groups is 1. The molecule has 1 aliphatic carbocycles. The fraction of sp³-hybridized carbons (Fsp3) is 0.231. The van der Waals surface area contributed by atoms with Crippen LogP contribution < -0.4 is 0 Å². The minimum atomic E-state index is -0.784. The van der Waals surface area contributed by atoms with E-state index in [1.807, 2.05) is 18.2 Å². The maximum Gasteiger partial charge on any atom is 0.312 e. The van der Waals surface area contributed by atoms with E-state index in [0.717, 1.165) is 32.0 Å². The predicted molar refractivity (Wildman–Crippen MR) is 79.0 cm³/mol. The summed E-state index contributed by atoms with van der Waals surface area (Å²) in [6.45, 7) is 0. The highest BCUT2D eigenvalue weighted by Gasteiger charge is 2.32. The molecule has 1 atom stereocenters. The number of aryl methyl sites for hydroxylation is 1. The smallest absolute Gasteiger partial charge is 0.312 e. The van der Waals surface area contributed by atoms with Crippen molar-refractivity contribution in [1.29, 1.82) is 0 Å². The van der Waals surface area contributed by atoms with Crippen molar-refractivity contribution in [3.63, 3.8) is 0 Å². The molecule has 0 saturated carbocycles. The van der Waals surface area contributed by atoms with Gasteiger partial charge in [-0.15, -0.1) is 11.3 Å². The summed E-state index contributed by atoms with van der Waals surface area (Å²) < 4.78 is 0.816. The molecule has 3 nitrogen and oxygen atoms in total. The van der Waals surface area contributed by atoms with Crippen molar-refractivity contribution in [2.24, 2.45) is 0 Å². The maximum atomic E-state index is 11.1. The molecule has 6 heteroatoms. The SMILES string of the molecule is O=C(O)C1CCc2sc(-c3ccc(Cl)c(Br)c3)nc21. The number of fused-ring (bicyclic) bond motifs is 1. The molecule has 0 spiro atoms. The molecule has 98 valence electrons. The van der Waals surface area contributed by atoms with Gasteiger partial charge in [-0.25, -0.2) is 4.98 Å². The van der Waals surface area contributed by atoms with Gasteiger partial charge in [0.25, 0.3) is 0 Å². The summed E-state index contributed by atoms with van der Waals surface area (Å²) in [5.41, 5.74) is 1.69. The van der Waals surface area contributed by atoms with Crippen LogP contribution in [0, 0.1) is 0 Å². The summed E-state index contributed by atoms with van der Waals surface area (Å²) in [7, 11) is 0. The van der Waals surface area contributed by atoms with E-state index >= 15 is 0 Å². The topological polar surface area (TPSA) is 50.2 Å². The number of aromatic nitrogens is 1. The quantitative estimate of drug-likeness (QED) is 0.868. The van der Waals surface area contributed by atoms with Gasteiger partial charge in [-0.05, 0) is 40.9 Å². The van der Waals surface area contributed by atoms with Gasteiger partial charge in [-0.3, -0.25) is 4.79 Å². The van der Waals surface area contributed by atoms with E-state index in [1.54, 1.807) is 11.3 Å². The second-order valence-corrected chi connectivity index (χ2v) is 6.73. The Morgan fingerprint density at radius 1 is 1.53 bits per heavy atom. The summed E-state index contributed by atoms with van der Waals surface area (Å²) >= 11 is 10.9. The lowest BCUT2D eigenvalue weighted by molar-refractivity contribution is -0.138. The van der Waals surface area contributed by atoms with E-state index in [1.165, 1.54) is 0 Å². The molecule has 0 aliphatic heterocycles. The zero-order valence-electron chi connectivity index (χ0n) is 9.69. The number of rotatable bonds is 2. The van der Waals surface area contributed by atoms with Crippen LogP contribution in [-0.4, -0.2) is 16.1 Å². The van der Waals surface area contributed by atoms with Crippen molar-refractivity contribution >= 4 is 44.8 Å². The van der Waals surface area contributed by atoms with Crippen LogP contribution in [-0.2, 0) is 11.2 Å². The van der Waals surface area contributed by atoms with E-state index in [2.05, 4.69) is 20.9 Å². The average Bonchev–Trinajstić information content (AvgIpc) is 2.91. The monoisotopic (exact) mass is 357 g/mol. The number of hydrogen-bond acceptors (Lipinski definition) is 3. The standard InChI is InChI=1S/C13H9BrClNO2S/c14-8-5-6(1-3-9(8)15)12-16-11-7(13(17)18)2-4-10(11)19-12/h1,3,5,7H,2,4H2,(H,17,18). The maximum absolute atomic E-state index is 11.1. The highest BCUT2D eigenvalue weighted by Crippen LogP contribution is 2.40. The van der Waals surface area contributed by atoms with Crippen molar-refractivity contribution in [1.82, 2.24) is 4.98 Å². The molecule has 2 aromatic rings. The van der Waals surface area contributed by atoms with Crippen molar-refractivity contribution < 1.29 is 9.90 Å². The Labute approximate surface area is 127 Å². The number of aliphatic carboxylic acids is 1. The molecular formula is C13H9BrClNO2S. The number of halogens is 2. The molecule has 0 fully saturated rings. The minimum absolute atomic E-state index is 0.448. The zero-order chi connectivity index (χ0) is 13.6. The van der Waals surface area contributed by atoms with Gasteiger partial charge < -0.3 is 5.11 Å². The Kier molecular flexibility index (Phi) is 3.37. The van der Waals surface area contributed by atoms with Crippen molar-refractivity contribution in [2.75, 3.05) is 0 Å². The molecule has 1 aromatic heterocycles. The van der Waals surface area contributed by atoms with Gasteiger partial charge >= 0.3 is 5.97 Å². The summed E-state index contributed by atoms with van der Waals surface area (Å²) in [5, 5.41) is 10.7. The molecule has 0 amide bonds. The lowest BCUT2D eigenvalue weighted by atomic mass is 10.1. The number of benzene rings is 1. The predicted octanol–water partition coefficient (Wildman–Crippen LogP) is 4.34. The van der Waals surface area contributed by atoms with Crippen LogP contribution in [0.5, 0.6) is 0 Å². The van der Waals surface area contributed by atoms with E-state index in [4.69, 9.17) is 16.7 Å². The van der Waals surface area contributed by atoms with Crippen LogP contribution >= 0.6 is 38.9 Å². The Morgan fingerprint density at radius 3 is 3.00 bits per heavy atom. The minimum Gasteiger partial charge on any atom is -0.481 e. The third-order valence-electron chi connectivity index (χ3n) is 3.18. The molecule has 1 unspecified atom stereocenters. The van der Waals surface area contributed by atoms with Gasteiger partial charge in [0, 0.05) is 14.9 Å². The lowest BCUT2D eigenvalue weighted by Crippen LogP contribution is -2.08. The highest BCUT2D eigenvalue weighted by molar-refractivity contribution is 9.10.